The monoisotopic (exact) mass is 228 g/mol. The lowest BCUT2D eigenvalue weighted by Crippen LogP contribution is -2.11. The maximum absolute atomic E-state index is 12.8. The maximum atomic E-state index is 12.8. The first-order valence-corrected chi connectivity index (χ1v) is 5.61. The van der Waals surface area contributed by atoms with Gasteiger partial charge in [-0.2, -0.15) is 0 Å². The molecule has 82 valence electrons. The number of hydrogen-bond donors (Lipinski definition) is 1. The van der Waals surface area contributed by atoms with E-state index in [4.69, 9.17) is 5.11 Å². The van der Waals surface area contributed by atoms with Crippen molar-refractivity contribution in [3.8, 4) is 0 Å². The number of aryl methyl sites for hydroxylation is 1. The van der Waals surface area contributed by atoms with E-state index in [1.54, 1.807) is 13.0 Å². The summed E-state index contributed by atoms with van der Waals surface area (Å²) in [6.45, 7) is 3.48. The van der Waals surface area contributed by atoms with Crippen LogP contribution in [0.5, 0.6) is 0 Å². The average molecular weight is 228 g/mol. The zero-order valence-corrected chi connectivity index (χ0v) is 9.47. The molecule has 1 aromatic rings. The van der Waals surface area contributed by atoms with E-state index < -0.39 is 5.97 Å². The average Bonchev–Trinajstić information content (AvgIpc) is 2.15. The van der Waals surface area contributed by atoms with Gasteiger partial charge in [0.2, 0.25) is 0 Å². The fourth-order valence-electron chi connectivity index (χ4n) is 1.06. The van der Waals surface area contributed by atoms with Gasteiger partial charge in [0.05, 0.1) is 5.92 Å². The van der Waals surface area contributed by atoms with E-state index in [2.05, 4.69) is 0 Å². The first-order chi connectivity index (χ1) is 7.00. The Morgan fingerprint density at radius 1 is 1.60 bits per heavy atom. The molecule has 0 aromatic heterocycles. The van der Waals surface area contributed by atoms with E-state index in [1.807, 2.05) is 6.92 Å². The summed E-state index contributed by atoms with van der Waals surface area (Å²) in [4.78, 5) is 11.5. The topological polar surface area (TPSA) is 37.3 Å². The molecule has 2 nitrogen and oxygen atoms in total. The minimum absolute atomic E-state index is 0.261. The lowest BCUT2D eigenvalue weighted by Gasteiger charge is -2.08. The molecular formula is C11H13FO2S. The van der Waals surface area contributed by atoms with Gasteiger partial charge in [-0.25, -0.2) is 4.39 Å². The molecule has 0 amide bonds. The third-order valence-corrected chi connectivity index (χ3v) is 3.48. The van der Waals surface area contributed by atoms with Gasteiger partial charge in [0, 0.05) is 10.6 Å². The van der Waals surface area contributed by atoms with Crippen molar-refractivity contribution in [3.05, 3.63) is 29.6 Å². The molecule has 0 radical (unpaired) electrons. The highest BCUT2D eigenvalue weighted by Crippen LogP contribution is 2.24. The standard InChI is InChI=1S/C11H13FO2S/c1-7-5-9(12)3-4-10(7)15-6-8(2)11(13)14/h3-5,8H,6H2,1-2H3,(H,13,14). The van der Waals surface area contributed by atoms with Gasteiger partial charge in [-0.15, -0.1) is 11.8 Å². The van der Waals surface area contributed by atoms with Gasteiger partial charge in [-0.1, -0.05) is 6.92 Å². The van der Waals surface area contributed by atoms with Crippen molar-refractivity contribution >= 4 is 17.7 Å². The van der Waals surface area contributed by atoms with Crippen LogP contribution >= 0.6 is 11.8 Å². The van der Waals surface area contributed by atoms with E-state index in [9.17, 15) is 9.18 Å². The summed E-state index contributed by atoms with van der Waals surface area (Å²) in [7, 11) is 0. The van der Waals surface area contributed by atoms with Crippen molar-refractivity contribution < 1.29 is 14.3 Å². The van der Waals surface area contributed by atoms with Gasteiger partial charge in [0.15, 0.2) is 0 Å². The highest BCUT2D eigenvalue weighted by molar-refractivity contribution is 7.99. The molecule has 0 aliphatic carbocycles. The Bertz CT molecular complexity index is 366. The Morgan fingerprint density at radius 2 is 2.27 bits per heavy atom. The molecule has 4 heteroatoms. The third-order valence-electron chi connectivity index (χ3n) is 2.05. The smallest absolute Gasteiger partial charge is 0.307 e. The van der Waals surface area contributed by atoms with Crippen molar-refractivity contribution in [2.45, 2.75) is 18.7 Å². The summed E-state index contributed by atoms with van der Waals surface area (Å²) in [6, 6.07) is 4.53. The van der Waals surface area contributed by atoms with Crippen molar-refractivity contribution in [1.82, 2.24) is 0 Å². The molecule has 0 spiro atoms. The van der Waals surface area contributed by atoms with E-state index in [0.29, 0.717) is 5.75 Å². The van der Waals surface area contributed by atoms with Gasteiger partial charge in [-0.3, -0.25) is 4.79 Å². The lowest BCUT2D eigenvalue weighted by molar-refractivity contribution is -0.140. The van der Waals surface area contributed by atoms with E-state index in [1.165, 1.54) is 23.9 Å². The van der Waals surface area contributed by atoms with Crippen LogP contribution in [0, 0.1) is 18.7 Å². The minimum atomic E-state index is -0.803. The molecule has 1 unspecified atom stereocenters. The third kappa shape index (κ3) is 3.55. The second-order valence-corrected chi connectivity index (χ2v) is 4.52. The normalized spacial score (nSPS) is 12.5. The van der Waals surface area contributed by atoms with Crippen LogP contribution in [-0.2, 0) is 4.79 Å². The van der Waals surface area contributed by atoms with E-state index in [0.717, 1.165) is 10.5 Å². The zero-order valence-electron chi connectivity index (χ0n) is 8.66. The molecule has 15 heavy (non-hydrogen) atoms. The zero-order chi connectivity index (χ0) is 11.4. The molecule has 0 saturated carbocycles. The molecule has 0 aliphatic heterocycles. The molecule has 0 heterocycles. The number of halogens is 1. The molecule has 1 rings (SSSR count). The fourth-order valence-corrected chi connectivity index (χ4v) is 2.08. The Kier molecular flexibility index (Phi) is 4.15. The van der Waals surface area contributed by atoms with Crippen LogP contribution in [0.3, 0.4) is 0 Å². The molecule has 1 N–H and O–H groups in total. The summed E-state index contributed by atoms with van der Waals surface area (Å²) in [5.41, 5.74) is 0.845. The lowest BCUT2D eigenvalue weighted by atomic mass is 10.2. The van der Waals surface area contributed by atoms with Crippen LogP contribution < -0.4 is 0 Å². The van der Waals surface area contributed by atoms with E-state index >= 15 is 0 Å². The van der Waals surface area contributed by atoms with Gasteiger partial charge < -0.3 is 5.11 Å². The number of aliphatic carboxylic acids is 1. The minimum Gasteiger partial charge on any atom is -0.481 e. The molecule has 0 fully saturated rings. The second kappa shape index (κ2) is 5.16. The quantitative estimate of drug-likeness (QED) is 0.805. The summed E-state index contributed by atoms with van der Waals surface area (Å²) >= 11 is 1.44. The predicted molar refractivity (Wildman–Crippen MR) is 58.7 cm³/mol. The first kappa shape index (κ1) is 12.0. The molecule has 0 saturated heterocycles. The van der Waals surface area contributed by atoms with Crippen molar-refractivity contribution in [1.29, 1.82) is 0 Å². The van der Waals surface area contributed by atoms with Gasteiger partial charge in [0.1, 0.15) is 5.82 Å². The Balaban J connectivity index is 2.62. The summed E-state index contributed by atoms with van der Waals surface area (Å²) in [5.74, 6) is -0.952. The molecule has 0 bridgehead atoms. The van der Waals surface area contributed by atoms with Gasteiger partial charge >= 0.3 is 5.97 Å². The second-order valence-electron chi connectivity index (χ2n) is 3.46. The van der Waals surface area contributed by atoms with Crippen molar-refractivity contribution in [2.24, 2.45) is 5.92 Å². The van der Waals surface area contributed by atoms with Crippen molar-refractivity contribution in [2.75, 3.05) is 5.75 Å². The van der Waals surface area contributed by atoms with Crippen LogP contribution in [0.1, 0.15) is 12.5 Å². The number of carboxylic acids is 1. The summed E-state index contributed by atoms with van der Waals surface area (Å²) in [5, 5.41) is 8.70. The molecule has 1 aromatic carbocycles. The highest BCUT2D eigenvalue weighted by Gasteiger charge is 2.11. The van der Waals surface area contributed by atoms with Crippen LogP contribution in [0.15, 0.2) is 23.1 Å². The Hall–Kier alpha value is -1.03. The first-order valence-electron chi connectivity index (χ1n) is 4.62. The maximum Gasteiger partial charge on any atom is 0.307 e. The van der Waals surface area contributed by atoms with Crippen LogP contribution in [0.25, 0.3) is 0 Å². The summed E-state index contributed by atoms with van der Waals surface area (Å²) < 4.78 is 12.8. The Labute approximate surface area is 92.5 Å². The van der Waals surface area contributed by atoms with Crippen LogP contribution in [-0.4, -0.2) is 16.8 Å². The number of rotatable bonds is 4. The SMILES string of the molecule is Cc1cc(F)ccc1SCC(C)C(=O)O. The van der Waals surface area contributed by atoms with Gasteiger partial charge in [0.25, 0.3) is 0 Å². The molecule has 0 aliphatic rings. The van der Waals surface area contributed by atoms with E-state index in [-0.39, 0.29) is 11.7 Å². The van der Waals surface area contributed by atoms with Crippen LogP contribution in [0.2, 0.25) is 0 Å². The number of hydrogen-bond acceptors (Lipinski definition) is 2. The molecular weight excluding hydrogens is 215 g/mol. The van der Waals surface area contributed by atoms with Gasteiger partial charge in [-0.05, 0) is 30.7 Å². The number of carboxylic acid groups (broad SMARTS) is 1. The number of thioether (sulfide) groups is 1. The highest BCUT2D eigenvalue weighted by atomic mass is 32.2. The predicted octanol–water partition coefficient (Wildman–Crippen LogP) is 2.95. The van der Waals surface area contributed by atoms with Crippen molar-refractivity contribution in [3.63, 3.8) is 0 Å². The van der Waals surface area contributed by atoms with Crippen LogP contribution in [0.4, 0.5) is 4.39 Å². The largest absolute Gasteiger partial charge is 0.481 e. The number of benzene rings is 1. The Morgan fingerprint density at radius 3 is 2.80 bits per heavy atom. The summed E-state index contributed by atoms with van der Waals surface area (Å²) in [6.07, 6.45) is 0. The molecule has 1 atom stereocenters. The fraction of sp³-hybridized carbons (Fsp3) is 0.364. The number of carbonyl (C=O) groups is 1.